The molecular weight excluding hydrogens is 585 g/mol. The summed E-state index contributed by atoms with van der Waals surface area (Å²) in [6, 6.07) is 58.4. The Morgan fingerprint density at radius 3 is 1.96 bits per heavy atom. The zero-order chi connectivity index (χ0) is 31.7. The number of nitrogens with zero attached hydrogens (tertiary/aromatic N) is 1. The van der Waals surface area contributed by atoms with Crippen LogP contribution < -0.4 is 10.1 Å². The van der Waals surface area contributed by atoms with Gasteiger partial charge in [-0.15, -0.1) is 0 Å². The van der Waals surface area contributed by atoms with Gasteiger partial charge < -0.3 is 10.1 Å². The van der Waals surface area contributed by atoms with E-state index in [0.717, 1.165) is 45.2 Å². The van der Waals surface area contributed by atoms with Gasteiger partial charge in [-0.1, -0.05) is 152 Å². The number of allylic oxidation sites excluding steroid dienone is 1. The van der Waals surface area contributed by atoms with Crippen molar-refractivity contribution in [3.8, 4) is 22.6 Å². The molecule has 3 aliphatic rings. The first-order valence-electron chi connectivity index (χ1n) is 16.5. The number of para-hydroxylation sites is 1. The van der Waals surface area contributed by atoms with E-state index in [0.29, 0.717) is 0 Å². The second-order valence-corrected chi connectivity index (χ2v) is 12.7. The third kappa shape index (κ3) is 3.85. The van der Waals surface area contributed by atoms with Gasteiger partial charge in [0.25, 0.3) is 0 Å². The minimum atomic E-state index is -0.484. The number of fused-ring (bicyclic) bond motifs is 10. The van der Waals surface area contributed by atoms with E-state index in [1.165, 1.54) is 38.6 Å². The third-order valence-electron chi connectivity index (χ3n) is 10.2. The lowest BCUT2D eigenvalue weighted by Crippen LogP contribution is -2.32. The van der Waals surface area contributed by atoms with Crippen molar-refractivity contribution in [2.24, 2.45) is 4.99 Å². The molecule has 1 atom stereocenters. The topological polar surface area (TPSA) is 33.6 Å². The lowest BCUT2D eigenvalue weighted by Gasteiger charge is -2.39. The van der Waals surface area contributed by atoms with Crippen LogP contribution in [0.1, 0.15) is 45.1 Å². The summed E-state index contributed by atoms with van der Waals surface area (Å²) in [5, 5.41) is 6.23. The second kappa shape index (κ2) is 10.4. The van der Waals surface area contributed by atoms with Gasteiger partial charge in [0, 0.05) is 22.4 Å². The van der Waals surface area contributed by atoms with Gasteiger partial charge in [0.05, 0.1) is 11.1 Å². The van der Waals surface area contributed by atoms with Gasteiger partial charge >= 0.3 is 0 Å². The quantitative estimate of drug-likeness (QED) is 0.215. The Bertz CT molecular complexity index is 2420. The van der Waals surface area contributed by atoms with Crippen molar-refractivity contribution in [3.05, 3.63) is 209 Å². The molecule has 2 heterocycles. The Hall–Kier alpha value is -6.19. The van der Waals surface area contributed by atoms with Crippen molar-refractivity contribution in [1.29, 1.82) is 0 Å². The van der Waals surface area contributed by atoms with E-state index >= 15 is 0 Å². The summed E-state index contributed by atoms with van der Waals surface area (Å²) < 4.78 is 6.82. The van der Waals surface area contributed by atoms with E-state index in [2.05, 4.69) is 169 Å². The lowest BCUT2D eigenvalue weighted by molar-refractivity contribution is 0.434. The molecule has 3 heteroatoms. The maximum atomic E-state index is 6.82. The minimum Gasteiger partial charge on any atom is -0.457 e. The summed E-state index contributed by atoms with van der Waals surface area (Å²) in [5.74, 6) is 1.74. The molecule has 2 aliphatic heterocycles. The molecule has 7 aromatic carbocycles. The van der Waals surface area contributed by atoms with Crippen LogP contribution in [0, 0.1) is 0 Å². The van der Waals surface area contributed by atoms with Crippen LogP contribution in [0.25, 0.3) is 27.6 Å². The predicted molar refractivity (Wildman–Crippen MR) is 195 cm³/mol. The predicted octanol–water partition coefficient (Wildman–Crippen LogP) is 10.4. The first kappa shape index (κ1) is 27.0. The fraction of sp³-hybridized carbons (Fsp3) is 0.0444. The van der Waals surface area contributed by atoms with Crippen molar-refractivity contribution in [2.45, 2.75) is 11.6 Å². The smallest absolute Gasteiger partial charge is 0.145 e. The molecule has 1 spiro atoms. The molecular formula is C45H30N2O. The molecule has 7 aromatic rings. The van der Waals surface area contributed by atoms with Crippen molar-refractivity contribution >= 4 is 22.2 Å². The SMILES string of the molecule is C1=C(c2cccc3ccccc23)NC(c2ccc3c(c2)Oc2ccccc2C32c3ccccc3-c3ccccc32)N=C1c1ccccc1. The highest BCUT2D eigenvalue weighted by atomic mass is 16.5. The highest BCUT2D eigenvalue weighted by molar-refractivity contribution is 6.14. The van der Waals surface area contributed by atoms with E-state index in [-0.39, 0.29) is 6.17 Å². The zero-order valence-electron chi connectivity index (χ0n) is 26.1. The molecule has 0 amide bonds. The molecule has 10 rings (SSSR count). The third-order valence-corrected chi connectivity index (χ3v) is 10.2. The van der Waals surface area contributed by atoms with Gasteiger partial charge in [0.2, 0.25) is 0 Å². The average molecular weight is 615 g/mol. The monoisotopic (exact) mass is 614 g/mol. The molecule has 0 fully saturated rings. The molecule has 0 bridgehead atoms. The van der Waals surface area contributed by atoms with Crippen LogP contribution in [0.4, 0.5) is 0 Å². The van der Waals surface area contributed by atoms with E-state index < -0.39 is 5.41 Å². The fourth-order valence-corrected chi connectivity index (χ4v) is 8.12. The van der Waals surface area contributed by atoms with Gasteiger partial charge in [-0.05, 0) is 62.4 Å². The zero-order valence-corrected chi connectivity index (χ0v) is 26.1. The Balaban J connectivity index is 1.16. The Morgan fingerprint density at radius 1 is 0.521 bits per heavy atom. The number of rotatable bonds is 3. The molecule has 1 N–H and O–H groups in total. The van der Waals surface area contributed by atoms with Gasteiger partial charge in [0.1, 0.15) is 17.7 Å². The van der Waals surface area contributed by atoms with Crippen LogP contribution in [0.15, 0.2) is 175 Å². The summed E-state index contributed by atoms with van der Waals surface area (Å²) in [4.78, 5) is 5.31. The number of hydrogen-bond donors (Lipinski definition) is 1. The van der Waals surface area contributed by atoms with Crippen LogP contribution in [0.2, 0.25) is 0 Å². The van der Waals surface area contributed by atoms with Crippen LogP contribution >= 0.6 is 0 Å². The summed E-state index contributed by atoms with van der Waals surface area (Å²) >= 11 is 0. The highest BCUT2D eigenvalue weighted by Gasteiger charge is 2.51. The number of hydrogen-bond acceptors (Lipinski definition) is 3. The molecule has 0 radical (unpaired) electrons. The maximum Gasteiger partial charge on any atom is 0.145 e. The number of ether oxygens (including phenoxy) is 1. The number of aliphatic imine (C=N–C) groups is 1. The summed E-state index contributed by atoms with van der Waals surface area (Å²) in [7, 11) is 0. The van der Waals surface area contributed by atoms with E-state index in [4.69, 9.17) is 9.73 Å². The van der Waals surface area contributed by atoms with Gasteiger partial charge in [-0.3, -0.25) is 4.99 Å². The summed E-state index contributed by atoms with van der Waals surface area (Å²) in [5.41, 5.74) is 12.2. The molecule has 3 nitrogen and oxygen atoms in total. The van der Waals surface area contributed by atoms with Crippen molar-refractivity contribution in [3.63, 3.8) is 0 Å². The van der Waals surface area contributed by atoms with E-state index in [9.17, 15) is 0 Å². The number of nitrogens with one attached hydrogen (secondary N) is 1. The normalized spacial score (nSPS) is 16.5. The molecule has 1 aliphatic carbocycles. The van der Waals surface area contributed by atoms with Crippen LogP contribution in [0.3, 0.4) is 0 Å². The first-order chi connectivity index (χ1) is 23.8. The maximum absolute atomic E-state index is 6.82. The molecule has 0 saturated heterocycles. The lowest BCUT2D eigenvalue weighted by atomic mass is 9.66. The van der Waals surface area contributed by atoms with Crippen LogP contribution in [0.5, 0.6) is 11.5 Å². The second-order valence-electron chi connectivity index (χ2n) is 12.7. The number of benzene rings is 7. The Labute approximate surface area is 279 Å². The molecule has 0 aromatic heterocycles. The standard InChI is InChI=1S/C45H30N2O/c1-2-14-30(15-3-1)40-28-41(35-20-12-16-29-13-4-5-17-32(29)35)47-44(46-40)31-25-26-39-43(27-31)48-42-24-11-10-23-38(42)45(39)36-21-8-6-18-33(36)34-19-7-9-22-37(34)45/h1-28,44,47H. The Kier molecular flexibility index (Phi) is 5.85. The van der Waals surface area contributed by atoms with E-state index in [1.807, 2.05) is 6.07 Å². The minimum absolute atomic E-state index is 0.315. The largest absolute Gasteiger partial charge is 0.457 e. The van der Waals surface area contributed by atoms with Crippen molar-refractivity contribution in [2.75, 3.05) is 0 Å². The van der Waals surface area contributed by atoms with Crippen molar-refractivity contribution in [1.82, 2.24) is 5.32 Å². The van der Waals surface area contributed by atoms with Crippen LogP contribution in [-0.2, 0) is 5.41 Å². The first-order valence-corrected chi connectivity index (χ1v) is 16.5. The van der Waals surface area contributed by atoms with Crippen LogP contribution in [-0.4, -0.2) is 5.71 Å². The Morgan fingerprint density at radius 2 is 1.15 bits per heavy atom. The van der Waals surface area contributed by atoms with Gasteiger partial charge in [-0.25, -0.2) is 0 Å². The summed E-state index contributed by atoms with van der Waals surface area (Å²) in [6.07, 6.45) is 1.87. The highest BCUT2D eigenvalue weighted by Crippen LogP contribution is 2.62. The molecule has 48 heavy (non-hydrogen) atoms. The van der Waals surface area contributed by atoms with Gasteiger partial charge in [0.15, 0.2) is 0 Å². The average Bonchev–Trinajstić information content (AvgIpc) is 3.45. The van der Waals surface area contributed by atoms with E-state index in [1.54, 1.807) is 0 Å². The van der Waals surface area contributed by atoms with Crippen molar-refractivity contribution < 1.29 is 4.74 Å². The molecule has 1 unspecified atom stereocenters. The van der Waals surface area contributed by atoms with Gasteiger partial charge in [-0.2, -0.15) is 0 Å². The summed E-state index contributed by atoms with van der Waals surface area (Å²) in [6.45, 7) is 0. The molecule has 0 saturated carbocycles. The fourth-order valence-electron chi connectivity index (χ4n) is 8.12. The molecule has 226 valence electrons.